The molecule has 17 heavy (non-hydrogen) atoms. The number of carboxylic acid groups (broad SMARTS) is 1. The molecule has 0 bridgehead atoms. The Kier molecular flexibility index (Phi) is 4.00. The van der Waals surface area contributed by atoms with Crippen LogP contribution < -0.4 is 5.32 Å². The quantitative estimate of drug-likeness (QED) is 0.700. The van der Waals surface area contributed by atoms with E-state index in [1.165, 1.54) is 13.0 Å². The molecule has 7 nitrogen and oxygen atoms in total. The molecule has 0 aliphatic carbocycles. The van der Waals surface area contributed by atoms with E-state index in [0.29, 0.717) is 5.52 Å². The van der Waals surface area contributed by atoms with Gasteiger partial charge in [0.2, 0.25) is 5.91 Å². The third kappa shape index (κ3) is 2.52. The Balaban J connectivity index is 0.00000144. The van der Waals surface area contributed by atoms with Crippen molar-refractivity contribution in [2.45, 2.75) is 6.92 Å². The fourth-order valence-corrected chi connectivity index (χ4v) is 1.42. The average molecular weight is 328 g/mol. The summed E-state index contributed by atoms with van der Waals surface area (Å²) in [5.41, 5.74) is 0.799. The summed E-state index contributed by atoms with van der Waals surface area (Å²) in [4.78, 5) is 22.0. The number of nitrogens with zero attached hydrogens (tertiary/aromatic N) is 2. The summed E-state index contributed by atoms with van der Waals surface area (Å²) in [7, 11) is 0. The van der Waals surface area contributed by atoms with Crippen LogP contribution in [0.25, 0.3) is 11.0 Å². The monoisotopic (exact) mass is 327 g/mol. The zero-order chi connectivity index (χ0) is 11.7. The van der Waals surface area contributed by atoms with Crippen molar-refractivity contribution >= 4 is 28.6 Å². The van der Waals surface area contributed by atoms with Gasteiger partial charge in [-0.15, -0.1) is 0 Å². The first-order valence-corrected chi connectivity index (χ1v) is 4.44. The van der Waals surface area contributed by atoms with E-state index in [1.54, 1.807) is 6.07 Å². The molecule has 0 saturated heterocycles. The molecule has 1 radical (unpaired) electrons. The van der Waals surface area contributed by atoms with Crippen molar-refractivity contribution in [3.8, 4) is 0 Å². The Labute approximate surface area is 111 Å². The van der Waals surface area contributed by atoms with Crippen LogP contribution in [0.5, 0.6) is 0 Å². The summed E-state index contributed by atoms with van der Waals surface area (Å²) in [6.45, 7) is 1.30. The molecular formula is C9H8AgN4O3. The molecule has 2 aromatic rings. The van der Waals surface area contributed by atoms with E-state index in [1.807, 2.05) is 0 Å². The summed E-state index contributed by atoms with van der Waals surface area (Å²) in [5.74, 6) is -1.51. The van der Waals surface area contributed by atoms with Gasteiger partial charge in [0.15, 0.2) is 0 Å². The molecule has 3 N–H and O–H groups in total. The van der Waals surface area contributed by atoms with Crippen LogP contribution in [0.15, 0.2) is 12.1 Å². The summed E-state index contributed by atoms with van der Waals surface area (Å²) >= 11 is 0. The fourth-order valence-electron chi connectivity index (χ4n) is 1.42. The third-order valence-corrected chi connectivity index (χ3v) is 2.01. The standard InChI is InChI=1S/C9H8N4O3.Ag/c1-4(14)10-5-2-3-6-8(12-13-11-6)7(5)9(15)16;/h2-3H,1H3,(H,10,14)(H,15,16)(H,11,12,13);. The first-order valence-electron chi connectivity index (χ1n) is 4.44. The predicted molar refractivity (Wildman–Crippen MR) is 55.2 cm³/mol. The van der Waals surface area contributed by atoms with Crippen LogP contribution in [0.3, 0.4) is 0 Å². The SMILES string of the molecule is CC(=O)Nc1ccc2n[nH]nc2c1C(=O)O.[Ag]. The number of rotatable bonds is 2. The van der Waals surface area contributed by atoms with E-state index in [-0.39, 0.29) is 45.1 Å². The van der Waals surface area contributed by atoms with Gasteiger partial charge >= 0.3 is 5.97 Å². The molecule has 1 aromatic heterocycles. The van der Waals surface area contributed by atoms with Crippen LogP contribution in [-0.4, -0.2) is 32.4 Å². The molecule has 0 fully saturated rings. The van der Waals surface area contributed by atoms with Crippen molar-refractivity contribution in [3.05, 3.63) is 17.7 Å². The number of aromatic amines is 1. The molecule has 1 heterocycles. The number of benzene rings is 1. The molecule has 2 rings (SSSR count). The van der Waals surface area contributed by atoms with Crippen LogP contribution in [0.4, 0.5) is 5.69 Å². The third-order valence-electron chi connectivity index (χ3n) is 2.01. The Hall–Kier alpha value is -1.70. The normalized spacial score (nSPS) is 9.71. The van der Waals surface area contributed by atoms with Crippen LogP contribution in [-0.2, 0) is 27.2 Å². The van der Waals surface area contributed by atoms with Gasteiger partial charge in [0, 0.05) is 29.3 Å². The largest absolute Gasteiger partial charge is 0.478 e. The van der Waals surface area contributed by atoms with E-state index in [0.717, 1.165) is 0 Å². The zero-order valence-corrected chi connectivity index (χ0v) is 10.1. The van der Waals surface area contributed by atoms with Crippen molar-refractivity contribution in [3.63, 3.8) is 0 Å². The number of anilines is 1. The second-order valence-electron chi connectivity index (χ2n) is 3.17. The Morgan fingerprint density at radius 3 is 2.65 bits per heavy atom. The molecule has 93 valence electrons. The van der Waals surface area contributed by atoms with E-state index in [2.05, 4.69) is 20.7 Å². The number of fused-ring (bicyclic) bond motifs is 1. The molecular weight excluding hydrogens is 320 g/mol. The van der Waals surface area contributed by atoms with Crippen LogP contribution in [0.2, 0.25) is 0 Å². The average Bonchev–Trinajstić information content (AvgIpc) is 2.63. The molecule has 1 amide bonds. The summed E-state index contributed by atoms with van der Waals surface area (Å²) < 4.78 is 0. The van der Waals surface area contributed by atoms with Gasteiger partial charge in [-0.3, -0.25) is 4.79 Å². The number of nitrogens with one attached hydrogen (secondary N) is 2. The summed E-state index contributed by atoms with van der Waals surface area (Å²) in [6, 6.07) is 3.06. The van der Waals surface area contributed by atoms with E-state index in [4.69, 9.17) is 5.11 Å². The molecule has 0 aliphatic rings. The molecule has 0 unspecified atom stereocenters. The number of aromatic carboxylic acids is 1. The summed E-state index contributed by atoms with van der Waals surface area (Å²) in [5, 5.41) is 21.3. The van der Waals surface area contributed by atoms with Gasteiger partial charge in [-0.2, -0.15) is 15.4 Å². The van der Waals surface area contributed by atoms with Crippen molar-refractivity contribution < 1.29 is 37.1 Å². The maximum atomic E-state index is 11.1. The minimum absolute atomic E-state index is 0. The van der Waals surface area contributed by atoms with Gasteiger partial charge in [0.1, 0.15) is 16.6 Å². The van der Waals surface area contributed by atoms with Crippen LogP contribution in [0.1, 0.15) is 17.3 Å². The minimum Gasteiger partial charge on any atom is -0.478 e. The smallest absolute Gasteiger partial charge is 0.340 e. The first kappa shape index (κ1) is 13.4. The maximum Gasteiger partial charge on any atom is 0.340 e. The molecule has 0 atom stereocenters. The Bertz CT molecular complexity index is 581. The van der Waals surface area contributed by atoms with Crippen molar-refractivity contribution in [2.75, 3.05) is 5.32 Å². The number of aromatic nitrogens is 3. The van der Waals surface area contributed by atoms with E-state index >= 15 is 0 Å². The number of hydrogen-bond acceptors (Lipinski definition) is 4. The molecule has 0 spiro atoms. The van der Waals surface area contributed by atoms with Crippen LogP contribution in [0, 0.1) is 0 Å². The van der Waals surface area contributed by atoms with Crippen molar-refractivity contribution in [1.29, 1.82) is 0 Å². The van der Waals surface area contributed by atoms with E-state index in [9.17, 15) is 9.59 Å². The second-order valence-corrected chi connectivity index (χ2v) is 3.17. The zero-order valence-electron chi connectivity index (χ0n) is 8.61. The number of hydrogen-bond donors (Lipinski definition) is 3. The van der Waals surface area contributed by atoms with Crippen molar-refractivity contribution in [2.24, 2.45) is 0 Å². The molecule has 8 heteroatoms. The minimum atomic E-state index is -1.16. The molecule has 0 aliphatic heterocycles. The Morgan fingerprint density at radius 2 is 2.06 bits per heavy atom. The van der Waals surface area contributed by atoms with Gasteiger partial charge in [-0.25, -0.2) is 4.79 Å². The topological polar surface area (TPSA) is 108 Å². The van der Waals surface area contributed by atoms with Gasteiger partial charge in [-0.1, -0.05) is 0 Å². The molecule has 0 saturated carbocycles. The van der Waals surface area contributed by atoms with Gasteiger partial charge in [0.05, 0.1) is 5.69 Å². The first-order chi connectivity index (χ1) is 7.59. The number of carboxylic acids is 1. The Morgan fingerprint density at radius 1 is 1.35 bits per heavy atom. The maximum absolute atomic E-state index is 11.1. The van der Waals surface area contributed by atoms with Crippen molar-refractivity contribution in [1.82, 2.24) is 15.4 Å². The van der Waals surface area contributed by atoms with Gasteiger partial charge < -0.3 is 10.4 Å². The molecule has 1 aromatic carbocycles. The second kappa shape index (κ2) is 5.09. The van der Waals surface area contributed by atoms with Crippen LogP contribution >= 0.6 is 0 Å². The summed E-state index contributed by atoms with van der Waals surface area (Å²) in [6.07, 6.45) is 0. The van der Waals surface area contributed by atoms with Gasteiger partial charge in [0.25, 0.3) is 0 Å². The van der Waals surface area contributed by atoms with Gasteiger partial charge in [-0.05, 0) is 12.1 Å². The number of H-pyrrole nitrogens is 1. The number of carbonyl (C=O) groups is 2. The van der Waals surface area contributed by atoms with E-state index < -0.39 is 5.97 Å². The number of amides is 1. The number of carbonyl (C=O) groups excluding carboxylic acids is 1. The predicted octanol–water partition coefficient (Wildman–Crippen LogP) is 0.612. The fraction of sp³-hybridized carbons (Fsp3) is 0.111.